The lowest BCUT2D eigenvalue weighted by molar-refractivity contribution is 0.598. The zero-order valence-electron chi connectivity index (χ0n) is 25.8. The van der Waals surface area contributed by atoms with Crippen LogP contribution in [0.5, 0.6) is 0 Å². The molecule has 0 saturated heterocycles. The van der Waals surface area contributed by atoms with Gasteiger partial charge >= 0.3 is 0 Å². The van der Waals surface area contributed by atoms with E-state index in [0.29, 0.717) is 0 Å². The number of benzene rings is 8. The molecule has 0 atom stereocenters. The molecule has 0 N–H and O–H groups in total. The van der Waals surface area contributed by atoms with Crippen molar-refractivity contribution in [1.82, 2.24) is 0 Å². The predicted octanol–water partition coefficient (Wildman–Crippen LogP) is 13.0. The number of hydrogen-bond donors (Lipinski definition) is 0. The molecule has 1 nitrogen and oxygen atoms in total. The summed E-state index contributed by atoms with van der Waals surface area (Å²) in [5.74, 6) is 1.01. The van der Waals surface area contributed by atoms with Gasteiger partial charge < -0.3 is 4.42 Å². The Bertz CT molecular complexity index is 2680. The van der Waals surface area contributed by atoms with Gasteiger partial charge in [-0.2, -0.15) is 0 Å². The molecule has 1 heterocycles. The highest BCUT2D eigenvalue weighted by atomic mass is 16.3. The second-order valence-corrected chi connectivity index (χ2v) is 12.7. The van der Waals surface area contributed by atoms with E-state index in [-0.39, 0.29) is 0 Å². The topological polar surface area (TPSA) is 13.1 Å². The van der Waals surface area contributed by atoms with Crippen LogP contribution in [-0.2, 0) is 6.42 Å². The molecule has 8 aromatic carbocycles. The van der Waals surface area contributed by atoms with E-state index < -0.39 is 0 Å². The van der Waals surface area contributed by atoms with Crippen LogP contribution in [0, 0.1) is 0 Å². The molecule has 0 amide bonds. The molecular formula is C46H30O. The Kier molecular flexibility index (Phi) is 5.77. The number of allylic oxidation sites excluding steroid dienone is 1. The lowest BCUT2D eigenvalue weighted by atomic mass is 9.85. The molecule has 1 aliphatic rings. The van der Waals surface area contributed by atoms with Crippen LogP contribution in [0.15, 0.2) is 156 Å². The molecule has 1 heteroatoms. The van der Waals surface area contributed by atoms with Gasteiger partial charge in [-0.15, -0.1) is 0 Å². The van der Waals surface area contributed by atoms with Crippen molar-refractivity contribution in [3.05, 3.63) is 163 Å². The third-order valence-corrected chi connectivity index (χ3v) is 10.1. The summed E-state index contributed by atoms with van der Waals surface area (Å²) in [7, 11) is 0. The SMILES string of the molecule is C1=Cc2oc3c(cc(-c4cccc(-c5c6ccccc6c(-c6ccc7ccccc7c6)c6ccccc56)c4)c4ccccc43)c2CC1. The molecule has 1 aromatic heterocycles. The first-order valence-electron chi connectivity index (χ1n) is 16.5. The van der Waals surface area contributed by atoms with Crippen molar-refractivity contribution in [2.45, 2.75) is 12.8 Å². The van der Waals surface area contributed by atoms with Gasteiger partial charge in [-0.1, -0.05) is 133 Å². The summed E-state index contributed by atoms with van der Waals surface area (Å²) in [6, 6.07) is 53.6. The highest BCUT2D eigenvalue weighted by molar-refractivity contribution is 6.22. The number of hydrogen-bond acceptors (Lipinski definition) is 1. The summed E-state index contributed by atoms with van der Waals surface area (Å²) in [5.41, 5.74) is 9.82. The van der Waals surface area contributed by atoms with E-state index in [4.69, 9.17) is 4.42 Å². The van der Waals surface area contributed by atoms with Gasteiger partial charge in [-0.25, -0.2) is 0 Å². The average molecular weight is 599 g/mol. The molecule has 10 rings (SSSR count). The van der Waals surface area contributed by atoms with Crippen LogP contribution in [0.25, 0.3) is 93.5 Å². The van der Waals surface area contributed by atoms with Gasteiger partial charge in [-0.05, 0) is 108 Å². The quantitative estimate of drug-likeness (QED) is 0.184. The maximum atomic E-state index is 6.47. The minimum Gasteiger partial charge on any atom is -0.456 e. The van der Waals surface area contributed by atoms with Gasteiger partial charge in [0.2, 0.25) is 0 Å². The first kappa shape index (κ1) is 26.3. The van der Waals surface area contributed by atoms with Crippen LogP contribution in [-0.4, -0.2) is 0 Å². The van der Waals surface area contributed by atoms with Crippen molar-refractivity contribution in [3.8, 4) is 33.4 Å². The van der Waals surface area contributed by atoms with Gasteiger partial charge in [0, 0.05) is 16.3 Å². The second kappa shape index (κ2) is 10.3. The highest BCUT2D eigenvalue weighted by Gasteiger charge is 2.21. The van der Waals surface area contributed by atoms with Crippen molar-refractivity contribution >= 4 is 60.1 Å². The molecule has 1 aliphatic carbocycles. The molecule has 0 radical (unpaired) electrons. The van der Waals surface area contributed by atoms with Crippen molar-refractivity contribution < 1.29 is 4.42 Å². The van der Waals surface area contributed by atoms with Crippen LogP contribution >= 0.6 is 0 Å². The van der Waals surface area contributed by atoms with E-state index in [9.17, 15) is 0 Å². The van der Waals surface area contributed by atoms with Gasteiger partial charge in [-0.3, -0.25) is 0 Å². The maximum absolute atomic E-state index is 6.47. The maximum Gasteiger partial charge on any atom is 0.142 e. The highest BCUT2D eigenvalue weighted by Crippen LogP contribution is 2.46. The fraction of sp³-hybridized carbons (Fsp3) is 0.0435. The standard InChI is InChI=1S/C46H30O/c1-2-13-30-26-33(25-24-29(30)12-1)45-38-20-6-4-18-36(38)44(37-19-5-7-21-39(37)45)32-15-11-14-31(27-32)41-28-42-35-17-9-10-23-43(35)47-46(42)40-22-8-3-16-34(40)41/h1-8,10-16,18-28H,9,17H2. The van der Waals surface area contributed by atoms with E-state index in [1.165, 1.54) is 87.4 Å². The van der Waals surface area contributed by atoms with Crippen LogP contribution in [0.2, 0.25) is 0 Å². The average Bonchev–Trinajstić information content (AvgIpc) is 3.52. The third kappa shape index (κ3) is 4.03. The van der Waals surface area contributed by atoms with E-state index in [1.54, 1.807) is 0 Å². The predicted molar refractivity (Wildman–Crippen MR) is 200 cm³/mol. The van der Waals surface area contributed by atoms with Gasteiger partial charge in [0.15, 0.2) is 0 Å². The van der Waals surface area contributed by atoms with E-state index in [2.05, 4.69) is 158 Å². The Hall–Kier alpha value is -5.92. The molecule has 0 saturated carbocycles. The number of aryl methyl sites for hydroxylation is 1. The van der Waals surface area contributed by atoms with Crippen molar-refractivity contribution in [3.63, 3.8) is 0 Å². The Morgan fingerprint density at radius 3 is 1.74 bits per heavy atom. The Morgan fingerprint density at radius 2 is 1.02 bits per heavy atom. The Morgan fingerprint density at radius 1 is 0.426 bits per heavy atom. The molecule has 47 heavy (non-hydrogen) atoms. The van der Waals surface area contributed by atoms with Gasteiger partial charge in [0.1, 0.15) is 11.3 Å². The Labute approximate surface area is 273 Å². The molecule has 0 fully saturated rings. The summed E-state index contributed by atoms with van der Waals surface area (Å²) < 4.78 is 6.47. The van der Waals surface area contributed by atoms with E-state index >= 15 is 0 Å². The molecular weight excluding hydrogens is 569 g/mol. The molecule has 0 aliphatic heterocycles. The molecule has 0 unspecified atom stereocenters. The largest absolute Gasteiger partial charge is 0.456 e. The Balaban J connectivity index is 1.24. The van der Waals surface area contributed by atoms with Crippen LogP contribution in [0.3, 0.4) is 0 Å². The van der Waals surface area contributed by atoms with E-state index in [0.717, 1.165) is 24.2 Å². The number of furan rings is 1. The first-order chi connectivity index (χ1) is 23.3. The smallest absolute Gasteiger partial charge is 0.142 e. The third-order valence-electron chi connectivity index (χ3n) is 10.1. The van der Waals surface area contributed by atoms with Crippen LogP contribution in [0.4, 0.5) is 0 Å². The number of rotatable bonds is 3. The summed E-state index contributed by atoms with van der Waals surface area (Å²) in [6.07, 6.45) is 6.43. The summed E-state index contributed by atoms with van der Waals surface area (Å²) in [5, 5.41) is 11.2. The molecule has 9 aromatic rings. The molecule has 220 valence electrons. The summed E-state index contributed by atoms with van der Waals surface area (Å²) in [6.45, 7) is 0. The monoisotopic (exact) mass is 598 g/mol. The van der Waals surface area contributed by atoms with E-state index in [1.807, 2.05) is 0 Å². The van der Waals surface area contributed by atoms with Gasteiger partial charge in [0.25, 0.3) is 0 Å². The zero-order valence-corrected chi connectivity index (χ0v) is 25.8. The summed E-state index contributed by atoms with van der Waals surface area (Å²) >= 11 is 0. The van der Waals surface area contributed by atoms with Crippen LogP contribution < -0.4 is 0 Å². The minimum atomic E-state index is 0.998. The zero-order chi connectivity index (χ0) is 30.9. The fourth-order valence-electron chi connectivity index (χ4n) is 7.97. The second-order valence-electron chi connectivity index (χ2n) is 12.7. The number of fused-ring (bicyclic) bond motifs is 8. The fourth-order valence-corrected chi connectivity index (χ4v) is 7.97. The minimum absolute atomic E-state index is 0.998. The van der Waals surface area contributed by atoms with Crippen molar-refractivity contribution in [1.29, 1.82) is 0 Å². The molecule has 0 bridgehead atoms. The first-order valence-corrected chi connectivity index (χ1v) is 16.5. The van der Waals surface area contributed by atoms with Gasteiger partial charge in [0.05, 0.1) is 0 Å². The van der Waals surface area contributed by atoms with Crippen molar-refractivity contribution in [2.24, 2.45) is 0 Å². The lowest BCUT2D eigenvalue weighted by Gasteiger charge is -2.18. The molecule has 0 spiro atoms. The summed E-state index contributed by atoms with van der Waals surface area (Å²) in [4.78, 5) is 0. The van der Waals surface area contributed by atoms with Crippen LogP contribution in [0.1, 0.15) is 17.7 Å². The lowest BCUT2D eigenvalue weighted by Crippen LogP contribution is -1.92. The van der Waals surface area contributed by atoms with Crippen molar-refractivity contribution in [2.75, 3.05) is 0 Å². The normalized spacial score (nSPS) is 12.9.